The number of nitrogens with two attached hydrogens (primary N) is 1. The van der Waals surface area contributed by atoms with Crippen LogP contribution in [0.1, 0.15) is 128 Å². The van der Waals surface area contributed by atoms with E-state index in [-0.39, 0.29) is 53.6 Å². The average molecular weight is 864 g/mol. The highest BCUT2D eigenvalue weighted by Crippen LogP contribution is 2.60. The molecule has 2 saturated carbocycles. The summed E-state index contributed by atoms with van der Waals surface area (Å²) in [5.41, 5.74) is 10.5. The van der Waals surface area contributed by atoms with Gasteiger partial charge >= 0.3 is 5.97 Å². The Morgan fingerprint density at radius 1 is 0.905 bits per heavy atom. The van der Waals surface area contributed by atoms with Crippen LogP contribution < -0.4 is 11.1 Å². The maximum Gasteiger partial charge on any atom is 0.309 e. The number of hydrogen-bond acceptors (Lipinski definition) is 8. The molecule has 3 aliphatic carbocycles. The molecule has 0 amide bonds. The van der Waals surface area contributed by atoms with E-state index in [1.807, 2.05) is 30.3 Å². The number of benzene rings is 2. The van der Waals surface area contributed by atoms with Gasteiger partial charge in [0.2, 0.25) is 0 Å². The third kappa shape index (κ3) is 11.2. The van der Waals surface area contributed by atoms with Crippen LogP contribution >= 0.6 is 0 Å². The van der Waals surface area contributed by atoms with Gasteiger partial charge in [-0.1, -0.05) is 107 Å². The minimum absolute atomic E-state index is 0.0436. The molecule has 0 spiro atoms. The van der Waals surface area contributed by atoms with Gasteiger partial charge in [-0.05, 0) is 129 Å². The first-order chi connectivity index (χ1) is 30.4. The molecule has 10 N–H and O–H groups in total. The number of phenols is 2. The Kier molecular flexibility index (Phi) is 15.5. The van der Waals surface area contributed by atoms with Crippen LogP contribution in [0.4, 0.5) is 0 Å². The van der Waals surface area contributed by atoms with Gasteiger partial charge in [-0.15, -0.1) is 0 Å². The van der Waals surface area contributed by atoms with Gasteiger partial charge in [-0.25, -0.2) is 0 Å². The number of carbonyl (C=O) groups is 1. The van der Waals surface area contributed by atoms with E-state index in [2.05, 4.69) is 47.6 Å². The molecule has 2 aromatic carbocycles. The summed E-state index contributed by atoms with van der Waals surface area (Å²) < 4.78 is 0. The largest absolute Gasteiger partial charge is 0.508 e. The zero-order valence-corrected chi connectivity index (χ0v) is 37.4. The van der Waals surface area contributed by atoms with Crippen molar-refractivity contribution in [3.63, 3.8) is 0 Å². The lowest BCUT2D eigenvalue weighted by atomic mass is 9.66. The first-order valence-corrected chi connectivity index (χ1v) is 24.1. The molecule has 63 heavy (non-hydrogen) atoms. The van der Waals surface area contributed by atoms with Crippen molar-refractivity contribution in [2.45, 2.75) is 147 Å². The molecule has 0 bridgehead atoms. The van der Waals surface area contributed by atoms with Gasteiger partial charge in [0.05, 0.1) is 35.2 Å². The number of nitrogens with one attached hydrogen (secondary N) is 2. The van der Waals surface area contributed by atoms with Crippen molar-refractivity contribution in [1.29, 1.82) is 0 Å². The second-order valence-electron chi connectivity index (χ2n) is 19.6. The molecule has 10 heteroatoms. The number of aromatic nitrogens is 1. The highest BCUT2D eigenvalue weighted by molar-refractivity contribution is 5.83. The summed E-state index contributed by atoms with van der Waals surface area (Å²) >= 11 is 0. The molecule has 342 valence electrons. The number of H-pyrrole nitrogens is 1. The van der Waals surface area contributed by atoms with Crippen molar-refractivity contribution >= 4 is 5.97 Å². The SMILES string of the molecule is CCCCC[C@@H]1C=C[C@@H](CCCCC[C@H](C(=O)O)[C@H](O)CC[C@]2(O)C[C@H](C3(C4=CCNC(N)=C4)CCCC3)C[C@H]2Cc2cc(-c3ccccc3)c(-c3cc(O)cc(O)c3)[nH]2)[C@H](O)C1. The van der Waals surface area contributed by atoms with Crippen LogP contribution in [-0.4, -0.2) is 65.9 Å². The van der Waals surface area contributed by atoms with Crippen molar-refractivity contribution < 1.29 is 35.4 Å². The van der Waals surface area contributed by atoms with Crippen LogP contribution in [0.3, 0.4) is 0 Å². The van der Waals surface area contributed by atoms with Crippen LogP contribution in [0.2, 0.25) is 0 Å². The fraction of sp³-hybridized carbons (Fsp3) is 0.566. The Morgan fingerprint density at radius 2 is 1.65 bits per heavy atom. The lowest BCUT2D eigenvalue weighted by Gasteiger charge is -2.39. The number of aromatic hydroxyl groups is 2. The van der Waals surface area contributed by atoms with Gasteiger partial charge < -0.3 is 46.7 Å². The zero-order chi connectivity index (χ0) is 44.6. The minimum atomic E-state index is -1.17. The van der Waals surface area contributed by atoms with Crippen molar-refractivity contribution in [3.05, 3.63) is 96.0 Å². The fourth-order valence-corrected chi connectivity index (χ4v) is 11.9. The number of unbranched alkanes of at least 4 members (excludes halogenated alkanes) is 4. The van der Waals surface area contributed by atoms with E-state index in [1.54, 1.807) is 12.1 Å². The van der Waals surface area contributed by atoms with Crippen molar-refractivity contribution in [3.8, 4) is 33.9 Å². The topological polar surface area (TPSA) is 192 Å². The van der Waals surface area contributed by atoms with Crippen molar-refractivity contribution in [1.82, 2.24) is 10.3 Å². The molecule has 0 saturated heterocycles. The second kappa shape index (κ2) is 21.0. The van der Waals surface area contributed by atoms with Gasteiger partial charge in [0.1, 0.15) is 11.5 Å². The molecule has 1 aromatic heterocycles. The third-order valence-electron chi connectivity index (χ3n) is 15.4. The molecule has 2 heterocycles. The molecular formula is C53H73N3O7. The van der Waals surface area contributed by atoms with Crippen LogP contribution in [0.25, 0.3) is 22.4 Å². The third-order valence-corrected chi connectivity index (χ3v) is 15.4. The number of rotatable bonds is 21. The Balaban J connectivity index is 1.06. The number of aliphatic carboxylic acids is 1. The Morgan fingerprint density at radius 3 is 2.35 bits per heavy atom. The monoisotopic (exact) mass is 864 g/mol. The minimum Gasteiger partial charge on any atom is -0.508 e. The van der Waals surface area contributed by atoms with E-state index in [0.717, 1.165) is 86.7 Å². The number of hydrogen-bond donors (Lipinski definition) is 9. The zero-order valence-electron chi connectivity index (χ0n) is 37.4. The van der Waals surface area contributed by atoms with Crippen LogP contribution in [0.5, 0.6) is 11.5 Å². The van der Waals surface area contributed by atoms with E-state index >= 15 is 0 Å². The smallest absolute Gasteiger partial charge is 0.309 e. The number of aromatic amines is 1. The number of allylic oxidation sites excluding steroid dienone is 3. The maximum atomic E-state index is 13.0. The molecule has 2 fully saturated rings. The van der Waals surface area contributed by atoms with Crippen LogP contribution in [-0.2, 0) is 11.2 Å². The summed E-state index contributed by atoms with van der Waals surface area (Å²) in [6.45, 7) is 2.87. The Hall–Kier alpha value is -4.51. The lowest BCUT2D eigenvalue weighted by molar-refractivity contribution is -0.146. The summed E-state index contributed by atoms with van der Waals surface area (Å²) in [6, 6.07) is 16.6. The molecule has 8 atom stereocenters. The fourth-order valence-electron chi connectivity index (χ4n) is 11.9. The van der Waals surface area contributed by atoms with Gasteiger partial charge in [0, 0.05) is 35.3 Å². The number of carboxylic acids is 1. The summed E-state index contributed by atoms with van der Waals surface area (Å²) in [4.78, 5) is 16.3. The average Bonchev–Trinajstić information content (AvgIpc) is 4.01. The first kappa shape index (κ1) is 46.5. The number of aliphatic hydroxyl groups is 3. The summed E-state index contributed by atoms with van der Waals surface area (Å²) in [7, 11) is 0. The quantitative estimate of drug-likeness (QED) is 0.0370. The molecule has 0 radical (unpaired) electrons. The maximum absolute atomic E-state index is 13.0. The summed E-state index contributed by atoms with van der Waals surface area (Å²) in [5, 5.41) is 69.9. The van der Waals surface area contributed by atoms with Crippen molar-refractivity contribution in [2.75, 3.05) is 6.54 Å². The molecule has 7 rings (SSSR count). The van der Waals surface area contributed by atoms with E-state index in [1.165, 1.54) is 30.9 Å². The highest BCUT2D eigenvalue weighted by atomic mass is 16.4. The van der Waals surface area contributed by atoms with E-state index in [9.17, 15) is 35.4 Å². The standard InChI is InChI=1S/C53H73N3O7/c1-2-3-6-13-35-18-19-37(48(60)26-35)16-9-5-10-17-45(51(61)62)47(59)20-24-53(63)34-41(52(22-11-12-23-52)39-21-25-55-49(54)31-39)29-40(53)30-42-32-46(36-14-7-4-8-15-36)50(56-42)38-27-43(57)33-44(58)28-38/h4,7-8,14-15,18-19,21,27-28,31-33,35,37,40-41,45,47-48,55-60,63H,2-3,5-6,9-13,16-17,20,22-26,29-30,34,54H2,1H3,(H,61,62)/t35-,37-,40+,41-,45+,47-,48-,53+/m1/s1. The molecule has 3 aromatic rings. The second-order valence-corrected chi connectivity index (χ2v) is 19.6. The van der Waals surface area contributed by atoms with Gasteiger partial charge in [-0.2, -0.15) is 0 Å². The van der Waals surface area contributed by atoms with E-state index < -0.39 is 23.6 Å². The predicted octanol–water partition coefficient (Wildman–Crippen LogP) is 9.88. The number of aliphatic hydroxyl groups excluding tert-OH is 2. The van der Waals surface area contributed by atoms with Gasteiger partial charge in [0.25, 0.3) is 0 Å². The Labute approximate surface area is 374 Å². The molecule has 0 unspecified atom stereocenters. The summed E-state index contributed by atoms with van der Waals surface area (Å²) in [6.07, 6.45) is 23.1. The number of phenolic OH excluding ortho intramolecular Hbond substituents is 2. The number of carboxylic acid groups (broad SMARTS) is 1. The van der Waals surface area contributed by atoms with Crippen molar-refractivity contribution in [2.24, 2.45) is 40.7 Å². The summed E-state index contributed by atoms with van der Waals surface area (Å²) in [5.74, 6) is -0.802. The lowest BCUT2D eigenvalue weighted by Crippen LogP contribution is -2.38. The van der Waals surface area contributed by atoms with E-state index in [4.69, 9.17) is 5.73 Å². The molecule has 10 nitrogen and oxygen atoms in total. The van der Waals surface area contributed by atoms with Crippen LogP contribution in [0.15, 0.2) is 90.3 Å². The molecule has 1 aliphatic heterocycles. The van der Waals surface area contributed by atoms with Crippen LogP contribution in [0, 0.1) is 35.0 Å². The van der Waals surface area contributed by atoms with Gasteiger partial charge in [-0.3, -0.25) is 4.79 Å². The van der Waals surface area contributed by atoms with Gasteiger partial charge in [0.15, 0.2) is 0 Å². The molecular weight excluding hydrogens is 791 g/mol. The Bertz CT molecular complexity index is 2050. The first-order valence-electron chi connectivity index (χ1n) is 24.1. The normalized spacial score (nSPS) is 26.5. The van der Waals surface area contributed by atoms with E-state index in [0.29, 0.717) is 49.5 Å². The number of dihydropyridines is 1. The highest BCUT2D eigenvalue weighted by Gasteiger charge is 2.54. The predicted molar refractivity (Wildman–Crippen MR) is 249 cm³/mol. The molecule has 4 aliphatic rings.